The maximum Gasteiger partial charge on any atom is 0.410 e. The lowest BCUT2D eigenvalue weighted by Gasteiger charge is -2.40. The van der Waals surface area contributed by atoms with Crippen LogP contribution in [-0.2, 0) is 58.7 Å². The highest BCUT2D eigenvalue weighted by Crippen LogP contribution is 2.32. The van der Waals surface area contributed by atoms with Gasteiger partial charge in [0.05, 0.1) is 48.5 Å². The first-order valence-electron chi connectivity index (χ1n) is 23.3. The van der Waals surface area contributed by atoms with Crippen LogP contribution in [0.2, 0.25) is 0 Å². The van der Waals surface area contributed by atoms with Crippen LogP contribution in [0.4, 0.5) is 4.79 Å². The molecule has 72 heavy (non-hydrogen) atoms. The monoisotopic (exact) mass is 1060 g/mol. The van der Waals surface area contributed by atoms with Gasteiger partial charge in [0.15, 0.2) is 0 Å². The molecule has 2 saturated heterocycles. The molecule has 10 amide bonds. The highest BCUT2D eigenvalue weighted by molar-refractivity contribution is 8.04. The van der Waals surface area contributed by atoms with E-state index >= 15 is 0 Å². The second-order valence-electron chi connectivity index (χ2n) is 18.9. The van der Waals surface area contributed by atoms with Crippen molar-refractivity contribution in [1.82, 2.24) is 52.3 Å². The molecule has 0 saturated carbocycles. The van der Waals surface area contributed by atoms with E-state index < -0.39 is 180 Å². The first kappa shape index (κ1) is 60.5. The smallest absolute Gasteiger partial charge is 0.410 e. The number of ether oxygens (including phenoxy) is 1. The largest absolute Gasteiger partial charge is 0.444 e. The van der Waals surface area contributed by atoms with E-state index in [0.717, 1.165) is 16.7 Å². The molecule has 28 heteroatoms. The molecular formula is C44H71N11O15S2. The van der Waals surface area contributed by atoms with Gasteiger partial charge in [-0.15, -0.1) is 0 Å². The average molecular weight is 1060 g/mol. The van der Waals surface area contributed by atoms with Crippen molar-refractivity contribution in [1.29, 1.82) is 0 Å². The standard InChI is InChI=1S/C44H71N11O15S2/c1-10-22(4)34(51-33(62)14-46-24(6)57)38(65)47-15-32(61)49-28-20-72(69)41(48-21(2)3)40(71-26-17-54(18-26)43(68)70-44(7,8)9)53-39(66)35(23(5)30(59)19-56)52-37(64)29-13-25(58)16-55(29)42(67)27(50-36(28)63)11-12-31(45)60/h22-23,25-30,34-35,48,56,58-59H,2,10-20H2,1,3-9H3,(H2,45,60)(H,46,57)(H,47,65)(H,49,61)(H,50,63)(H,51,62)(H,52,64)(H,53,66)/b41-40+/t22-,23-,25+,27-,28-,29-,30-,34-,35-,72?/m0/s1. The summed E-state index contributed by atoms with van der Waals surface area (Å²) in [6, 6.07) is -7.88. The van der Waals surface area contributed by atoms with Gasteiger partial charge in [0.2, 0.25) is 53.2 Å². The zero-order chi connectivity index (χ0) is 54.4. The van der Waals surface area contributed by atoms with Crippen molar-refractivity contribution in [2.45, 2.75) is 134 Å². The molecule has 0 aromatic carbocycles. The Bertz CT molecular complexity index is 2130. The molecule has 0 spiro atoms. The van der Waals surface area contributed by atoms with E-state index in [1.165, 1.54) is 25.7 Å². The van der Waals surface area contributed by atoms with Crippen LogP contribution in [0.25, 0.3) is 0 Å². The number of aliphatic hydroxyl groups excluding tert-OH is 3. The van der Waals surface area contributed by atoms with Gasteiger partial charge in [-0.05, 0) is 40.0 Å². The topological polar surface area (TPSA) is 386 Å². The van der Waals surface area contributed by atoms with Gasteiger partial charge in [0.25, 0.3) is 0 Å². The summed E-state index contributed by atoms with van der Waals surface area (Å²) in [7, 11) is -2.49. The molecule has 2 fully saturated rings. The number of hydrogen-bond acceptors (Lipinski definition) is 17. The molecular weight excluding hydrogens is 987 g/mol. The Hall–Kier alpha value is -5.84. The summed E-state index contributed by atoms with van der Waals surface area (Å²) in [5, 5.41) is 50.8. The molecule has 0 aliphatic carbocycles. The van der Waals surface area contributed by atoms with Gasteiger partial charge in [0.1, 0.15) is 45.9 Å². The molecule has 404 valence electrons. The summed E-state index contributed by atoms with van der Waals surface area (Å²) in [6.45, 7) is 13.9. The number of thioether (sulfide) groups is 1. The number of nitrogens with two attached hydrogens (primary N) is 1. The van der Waals surface area contributed by atoms with Crippen LogP contribution in [0, 0.1) is 11.8 Å². The molecule has 10 atom stereocenters. The lowest BCUT2D eigenvalue weighted by atomic mass is 9.94. The minimum absolute atomic E-state index is 0.0655. The van der Waals surface area contributed by atoms with Crippen molar-refractivity contribution in [3.8, 4) is 0 Å². The van der Waals surface area contributed by atoms with Crippen LogP contribution in [0.5, 0.6) is 0 Å². The van der Waals surface area contributed by atoms with Crippen molar-refractivity contribution in [3.05, 3.63) is 22.3 Å². The Labute approximate surface area is 424 Å². The number of hydrogen-bond donors (Lipinski definition) is 12. The van der Waals surface area contributed by atoms with Gasteiger partial charge in [0, 0.05) is 56.3 Å². The fraction of sp³-hybridized carbons (Fsp3) is 0.682. The minimum Gasteiger partial charge on any atom is -0.444 e. The summed E-state index contributed by atoms with van der Waals surface area (Å²) >= 11 is 0.930. The number of fused-ring (bicyclic) bond motifs is 1. The van der Waals surface area contributed by atoms with Crippen LogP contribution in [0.1, 0.15) is 81.1 Å². The number of primary amides is 1. The third kappa shape index (κ3) is 18.3. The fourth-order valence-electron chi connectivity index (χ4n) is 7.36. The second-order valence-corrected chi connectivity index (χ2v) is 21.7. The summed E-state index contributed by atoms with van der Waals surface area (Å²) in [5.41, 5.74) is 4.77. The van der Waals surface area contributed by atoms with E-state index in [0.29, 0.717) is 6.42 Å². The molecule has 0 aromatic rings. The fourth-order valence-corrected chi connectivity index (χ4v) is 10.2. The maximum absolute atomic E-state index is 14.9. The number of amides is 10. The van der Waals surface area contributed by atoms with Gasteiger partial charge in [-0.25, -0.2) is 4.79 Å². The summed E-state index contributed by atoms with van der Waals surface area (Å²) < 4.78 is 20.3. The zero-order valence-corrected chi connectivity index (χ0v) is 43.4. The molecule has 1 unspecified atom stereocenters. The highest BCUT2D eigenvalue weighted by Gasteiger charge is 2.45. The van der Waals surface area contributed by atoms with Crippen molar-refractivity contribution in [2.24, 2.45) is 17.6 Å². The molecule has 26 nitrogen and oxygen atoms in total. The van der Waals surface area contributed by atoms with Gasteiger partial charge >= 0.3 is 6.09 Å². The first-order chi connectivity index (χ1) is 33.5. The van der Waals surface area contributed by atoms with E-state index in [2.05, 4.69) is 49.1 Å². The predicted octanol–water partition coefficient (Wildman–Crippen LogP) is -4.08. The van der Waals surface area contributed by atoms with E-state index in [1.807, 2.05) is 0 Å². The van der Waals surface area contributed by atoms with Gasteiger partial charge in [-0.1, -0.05) is 45.5 Å². The quantitative estimate of drug-likeness (QED) is 0.0585. The number of rotatable bonds is 19. The molecule has 13 N–H and O–H groups in total. The third-order valence-electron chi connectivity index (χ3n) is 11.5. The number of carbonyl (C=O) groups is 10. The van der Waals surface area contributed by atoms with Crippen LogP contribution < -0.4 is 48.3 Å². The molecule has 3 heterocycles. The second kappa shape index (κ2) is 27.3. The van der Waals surface area contributed by atoms with Crippen LogP contribution in [0.3, 0.4) is 0 Å². The van der Waals surface area contributed by atoms with Crippen molar-refractivity contribution in [2.75, 3.05) is 45.1 Å². The third-order valence-corrected chi connectivity index (χ3v) is 14.2. The number of nitrogens with zero attached hydrogens (tertiary/aromatic N) is 2. The van der Waals surface area contributed by atoms with Gasteiger partial charge < -0.3 is 78.1 Å². The number of allylic oxidation sites excluding steroid dienone is 1. The molecule has 0 radical (unpaired) electrons. The Morgan fingerprint density at radius 1 is 0.972 bits per heavy atom. The van der Waals surface area contributed by atoms with Crippen molar-refractivity contribution in [3.63, 3.8) is 0 Å². The van der Waals surface area contributed by atoms with Gasteiger partial charge in [-0.3, -0.25) is 47.4 Å². The Kier molecular flexibility index (Phi) is 22.9. The Morgan fingerprint density at radius 2 is 1.61 bits per heavy atom. The lowest BCUT2D eigenvalue weighted by molar-refractivity contribution is -0.143. The molecule has 3 aliphatic rings. The first-order valence-corrected chi connectivity index (χ1v) is 25.5. The van der Waals surface area contributed by atoms with Crippen molar-refractivity contribution < 1.29 is 72.2 Å². The van der Waals surface area contributed by atoms with E-state index in [1.54, 1.807) is 34.6 Å². The molecule has 0 aromatic heterocycles. The van der Waals surface area contributed by atoms with Gasteiger partial charge in [-0.2, -0.15) is 0 Å². The SMILES string of the molecule is C=C(C)N/C1=C(\SC2CN(C(=O)OC(C)(C)C)C2)NC(=O)[C@H]([C@@H](C)[C@@H](O)CO)NC(=O)[C@@H]2C[C@@H](O)CN2C(=O)[C@H](CCC(N)=O)NC(=O)[C@@H](NC(=O)CNC(=O)[C@@H](NC(=O)CNC(C)=O)[C@@H](C)CC)CS1=O. The minimum atomic E-state index is -2.49. The maximum atomic E-state index is 14.9. The van der Waals surface area contributed by atoms with Crippen LogP contribution in [0.15, 0.2) is 22.3 Å². The Morgan fingerprint density at radius 3 is 2.18 bits per heavy atom. The molecule has 3 rings (SSSR count). The van der Waals surface area contributed by atoms with E-state index in [-0.39, 0.29) is 35.3 Å². The number of aliphatic hydroxyl groups is 3. The number of carbonyl (C=O) groups excluding carboxylic acids is 10. The number of likely N-dealkylation sites (tertiary alicyclic amines) is 1. The molecule has 3 aliphatic heterocycles. The van der Waals surface area contributed by atoms with Crippen LogP contribution >= 0.6 is 11.8 Å². The van der Waals surface area contributed by atoms with Crippen molar-refractivity contribution >= 4 is 81.8 Å². The van der Waals surface area contributed by atoms with Crippen LogP contribution in [-0.4, -0.2) is 187 Å². The predicted molar refractivity (Wildman–Crippen MR) is 261 cm³/mol. The zero-order valence-electron chi connectivity index (χ0n) is 41.8. The molecule has 0 bridgehead atoms. The highest BCUT2D eigenvalue weighted by atomic mass is 32.2. The Balaban J connectivity index is 2.20. The summed E-state index contributed by atoms with van der Waals surface area (Å²) in [5.74, 6) is -10.6. The van der Waals surface area contributed by atoms with E-state index in [4.69, 9.17) is 10.5 Å². The summed E-state index contributed by atoms with van der Waals surface area (Å²) in [6.07, 6.45) is -4.44. The summed E-state index contributed by atoms with van der Waals surface area (Å²) in [4.78, 5) is 136. The lowest BCUT2D eigenvalue weighted by Crippen LogP contribution is -2.60. The normalized spacial score (nSPS) is 25.2. The average Bonchev–Trinajstić information content (AvgIpc) is 3.68. The van der Waals surface area contributed by atoms with E-state index in [9.17, 15) is 67.5 Å². The number of nitrogens with one attached hydrogen (secondary N) is 8.